The van der Waals surface area contributed by atoms with E-state index in [4.69, 9.17) is 4.99 Å². The molecule has 0 unspecified atom stereocenters. The predicted octanol–water partition coefficient (Wildman–Crippen LogP) is 4.88. The number of hydrogen-bond donors (Lipinski definition) is 1. The number of fused-ring (bicyclic) bond motifs is 4. The zero-order chi connectivity index (χ0) is 21.4. The molecule has 6 heteroatoms. The van der Waals surface area contributed by atoms with Gasteiger partial charge < -0.3 is 5.32 Å². The largest absolute Gasteiger partial charge is 0.320 e. The second-order valence-electron chi connectivity index (χ2n) is 11.0. The van der Waals surface area contributed by atoms with E-state index in [1.165, 1.54) is 0 Å². The third-order valence-corrected chi connectivity index (χ3v) is 11.1. The lowest BCUT2D eigenvalue weighted by molar-refractivity contribution is -0.146. The van der Waals surface area contributed by atoms with Gasteiger partial charge in [0.2, 0.25) is 0 Å². The summed E-state index contributed by atoms with van der Waals surface area (Å²) in [5, 5.41) is 4.64. The molecule has 0 aromatic carbocycles. The van der Waals surface area contributed by atoms with Gasteiger partial charge in [-0.3, -0.25) is 14.6 Å². The van der Waals surface area contributed by atoms with Gasteiger partial charge in [0.1, 0.15) is 17.4 Å². The maximum atomic E-state index is 12.8. The van der Waals surface area contributed by atoms with Crippen LogP contribution >= 0.6 is 11.8 Å². The van der Waals surface area contributed by atoms with E-state index in [1.807, 2.05) is 30.0 Å². The summed E-state index contributed by atoms with van der Waals surface area (Å²) in [4.78, 5) is 35.3. The van der Waals surface area contributed by atoms with Crippen molar-refractivity contribution >= 4 is 34.3 Å². The second-order valence-corrected chi connectivity index (χ2v) is 12.1. The van der Waals surface area contributed by atoms with Crippen molar-refractivity contribution in [3.05, 3.63) is 24.4 Å². The third-order valence-electron chi connectivity index (χ3n) is 9.82. The van der Waals surface area contributed by atoms with E-state index < -0.39 is 0 Å². The Kier molecular flexibility index (Phi) is 4.29. The van der Waals surface area contributed by atoms with E-state index in [-0.39, 0.29) is 16.4 Å². The standard InChI is InChI=1S/C25H31N3O2S/c1-23-10-9-18-16(17(23)6-7-19(23)30)13-20-25(14-15(29)8-11-24(18,25)2)28-22(31-20)27-21-5-3-4-12-26-21/h3-5,12,16-18,20H,6-11,13-14H2,1-2H3,(H,26,27,28)/t16-,17-,18-,20-,23-,24+,25-/m0/s1. The monoisotopic (exact) mass is 437 g/mol. The summed E-state index contributed by atoms with van der Waals surface area (Å²) in [5.74, 6) is 3.28. The smallest absolute Gasteiger partial charge is 0.163 e. The fourth-order valence-electron chi connectivity index (χ4n) is 8.15. The van der Waals surface area contributed by atoms with Crippen LogP contribution in [0.25, 0.3) is 0 Å². The average molecular weight is 438 g/mol. The Morgan fingerprint density at radius 1 is 1.10 bits per heavy atom. The van der Waals surface area contributed by atoms with Gasteiger partial charge >= 0.3 is 0 Å². The maximum Gasteiger partial charge on any atom is 0.163 e. The number of aliphatic imine (C=N–C) groups is 1. The van der Waals surface area contributed by atoms with E-state index in [2.05, 4.69) is 24.1 Å². The zero-order valence-electron chi connectivity index (χ0n) is 18.4. The minimum Gasteiger partial charge on any atom is -0.320 e. The lowest BCUT2D eigenvalue weighted by Gasteiger charge is -2.63. The molecule has 0 saturated heterocycles. The van der Waals surface area contributed by atoms with Gasteiger partial charge in [0.25, 0.3) is 0 Å². The van der Waals surface area contributed by atoms with Crippen molar-refractivity contribution in [1.29, 1.82) is 0 Å². The minimum absolute atomic E-state index is 0.0159. The van der Waals surface area contributed by atoms with Crippen LogP contribution in [0.15, 0.2) is 29.4 Å². The molecule has 4 fully saturated rings. The van der Waals surface area contributed by atoms with E-state index in [1.54, 1.807) is 6.20 Å². The van der Waals surface area contributed by atoms with Gasteiger partial charge in [0.05, 0.1) is 5.54 Å². The molecule has 164 valence electrons. The molecule has 5 nitrogen and oxygen atoms in total. The van der Waals surface area contributed by atoms with Crippen molar-refractivity contribution in [3.8, 4) is 0 Å². The lowest BCUT2D eigenvalue weighted by atomic mass is 9.42. The second kappa shape index (κ2) is 6.66. The molecule has 1 N–H and O–H groups in total. The molecule has 31 heavy (non-hydrogen) atoms. The number of carbonyl (C=O) groups excluding carboxylic acids is 2. The first-order valence-electron chi connectivity index (χ1n) is 11.9. The molecular weight excluding hydrogens is 406 g/mol. The van der Waals surface area contributed by atoms with Crippen LogP contribution in [0, 0.1) is 28.6 Å². The molecule has 1 aromatic heterocycles. The highest BCUT2D eigenvalue weighted by atomic mass is 32.2. The SMILES string of the molecule is C[C@]12CC[C@H]3[C@@H](C[C@@H]4SC(Nc5ccccn5)=N[C@@]45CC(=O)CC[C@]35C)[C@@H]1CCC2=O. The van der Waals surface area contributed by atoms with Crippen molar-refractivity contribution in [2.45, 2.75) is 76.0 Å². The molecule has 7 atom stereocenters. The first kappa shape index (κ1) is 20.0. The molecule has 1 spiro atoms. The van der Waals surface area contributed by atoms with Crippen LogP contribution in [-0.2, 0) is 9.59 Å². The number of carbonyl (C=O) groups is 2. The molecule has 0 radical (unpaired) electrons. The number of thioether (sulfide) groups is 1. The number of rotatable bonds is 1. The van der Waals surface area contributed by atoms with Gasteiger partial charge in [-0.1, -0.05) is 31.7 Å². The van der Waals surface area contributed by atoms with Crippen LogP contribution < -0.4 is 5.32 Å². The average Bonchev–Trinajstić information content (AvgIpc) is 3.24. The van der Waals surface area contributed by atoms with Gasteiger partial charge in [0, 0.05) is 36.1 Å². The number of amidine groups is 1. The fourth-order valence-corrected chi connectivity index (χ4v) is 9.71. The summed E-state index contributed by atoms with van der Waals surface area (Å²) < 4.78 is 0. The Bertz CT molecular complexity index is 980. The summed E-state index contributed by atoms with van der Waals surface area (Å²) in [6, 6.07) is 5.85. The number of pyridine rings is 1. The number of Topliss-reactive ketones (excluding diaryl/α,β-unsaturated/α-hetero) is 2. The molecule has 5 aliphatic rings. The number of nitrogens with zero attached hydrogens (tertiary/aromatic N) is 2. The fraction of sp³-hybridized carbons (Fsp3) is 0.680. The third kappa shape index (κ3) is 2.63. The first-order valence-corrected chi connectivity index (χ1v) is 12.7. The van der Waals surface area contributed by atoms with Gasteiger partial charge in [-0.05, 0) is 67.4 Å². The molecule has 4 saturated carbocycles. The van der Waals surface area contributed by atoms with E-state index in [9.17, 15) is 9.59 Å². The van der Waals surface area contributed by atoms with Crippen molar-refractivity contribution < 1.29 is 9.59 Å². The van der Waals surface area contributed by atoms with Gasteiger partial charge in [0.15, 0.2) is 5.17 Å². The molecule has 1 aliphatic heterocycles. The summed E-state index contributed by atoms with van der Waals surface area (Å²) in [5.41, 5.74) is -0.426. The van der Waals surface area contributed by atoms with Crippen LogP contribution in [0.3, 0.4) is 0 Å². The highest BCUT2D eigenvalue weighted by Crippen LogP contribution is 2.70. The van der Waals surface area contributed by atoms with Gasteiger partial charge in [-0.2, -0.15) is 0 Å². The van der Waals surface area contributed by atoms with Crippen molar-refractivity contribution in [3.63, 3.8) is 0 Å². The van der Waals surface area contributed by atoms with E-state index >= 15 is 0 Å². The van der Waals surface area contributed by atoms with E-state index in [0.29, 0.717) is 47.4 Å². The number of ketones is 2. The summed E-state index contributed by atoms with van der Waals surface area (Å²) in [7, 11) is 0. The Hall–Kier alpha value is -1.69. The van der Waals surface area contributed by atoms with E-state index in [0.717, 1.165) is 49.5 Å². The Labute approximate surface area is 188 Å². The molecule has 0 amide bonds. The van der Waals surface area contributed by atoms with Crippen LogP contribution in [0.5, 0.6) is 0 Å². The van der Waals surface area contributed by atoms with Crippen molar-refractivity contribution in [2.75, 3.05) is 5.32 Å². The quantitative estimate of drug-likeness (QED) is 0.678. The molecule has 2 heterocycles. The molecule has 6 rings (SSSR count). The van der Waals surface area contributed by atoms with Crippen LogP contribution in [0.1, 0.15) is 65.2 Å². The van der Waals surface area contributed by atoms with Crippen LogP contribution in [0.2, 0.25) is 0 Å². The summed E-state index contributed by atoms with van der Waals surface area (Å²) in [6.45, 7) is 4.67. The van der Waals surface area contributed by atoms with Crippen LogP contribution in [0.4, 0.5) is 5.82 Å². The highest BCUT2D eigenvalue weighted by molar-refractivity contribution is 8.15. The minimum atomic E-state index is -0.318. The predicted molar refractivity (Wildman–Crippen MR) is 123 cm³/mol. The topological polar surface area (TPSA) is 71.4 Å². The highest BCUT2D eigenvalue weighted by Gasteiger charge is 2.69. The molecule has 0 bridgehead atoms. The Morgan fingerprint density at radius 2 is 1.97 bits per heavy atom. The van der Waals surface area contributed by atoms with Crippen LogP contribution in [-0.4, -0.2) is 32.5 Å². The number of hydrogen-bond acceptors (Lipinski definition) is 6. The number of anilines is 1. The number of aromatic nitrogens is 1. The zero-order valence-corrected chi connectivity index (χ0v) is 19.2. The lowest BCUT2D eigenvalue weighted by Crippen LogP contribution is -2.65. The number of nitrogens with one attached hydrogen (secondary N) is 1. The Balaban J connectivity index is 1.40. The summed E-state index contributed by atoms with van der Waals surface area (Å²) in [6.07, 6.45) is 8.96. The normalized spacial score (nSPS) is 45.9. The van der Waals surface area contributed by atoms with Gasteiger partial charge in [-0.15, -0.1) is 0 Å². The van der Waals surface area contributed by atoms with Gasteiger partial charge in [-0.25, -0.2) is 4.98 Å². The van der Waals surface area contributed by atoms with Crippen molar-refractivity contribution in [2.24, 2.45) is 33.6 Å². The first-order chi connectivity index (χ1) is 14.9. The molecular formula is C25H31N3O2S. The summed E-state index contributed by atoms with van der Waals surface area (Å²) >= 11 is 1.82. The van der Waals surface area contributed by atoms with Crippen molar-refractivity contribution in [1.82, 2.24) is 4.98 Å². The molecule has 1 aromatic rings. The maximum absolute atomic E-state index is 12.8. The Morgan fingerprint density at radius 3 is 2.77 bits per heavy atom. The molecule has 4 aliphatic carbocycles.